The molecule has 0 aliphatic heterocycles. The third kappa shape index (κ3) is 1.87. The van der Waals surface area contributed by atoms with Gasteiger partial charge in [0, 0.05) is 0 Å². The van der Waals surface area contributed by atoms with Gasteiger partial charge in [-0.1, -0.05) is 25.1 Å². The standard InChI is InChI=1S/C12H16O3S/c1-9-11(13)7-8-12(9)16(14,15)10-5-3-2-4-6-10/h2-6,9,11-13H,7-8H2,1H3. The quantitative estimate of drug-likeness (QED) is 0.854. The molecule has 3 nitrogen and oxygen atoms in total. The van der Waals surface area contributed by atoms with Crippen LogP contribution in [-0.2, 0) is 9.84 Å². The summed E-state index contributed by atoms with van der Waals surface area (Å²) in [4.78, 5) is 0.362. The number of sulfone groups is 1. The summed E-state index contributed by atoms with van der Waals surface area (Å²) >= 11 is 0. The fraction of sp³-hybridized carbons (Fsp3) is 0.500. The van der Waals surface area contributed by atoms with Crippen LogP contribution in [0.1, 0.15) is 19.8 Å². The minimum absolute atomic E-state index is 0.176. The molecule has 0 radical (unpaired) electrons. The van der Waals surface area contributed by atoms with E-state index < -0.39 is 21.2 Å². The Bertz CT molecular complexity index is 452. The molecular formula is C12H16O3S. The van der Waals surface area contributed by atoms with Crippen molar-refractivity contribution in [3.63, 3.8) is 0 Å². The molecule has 2 rings (SSSR count). The molecule has 1 N–H and O–H groups in total. The van der Waals surface area contributed by atoms with Gasteiger partial charge in [0.05, 0.1) is 16.2 Å². The Morgan fingerprint density at radius 3 is 2.31 bits per heavy atom. The summed E-state index contributed by atoms with van der Waals surface area (Å²) in [5, 5.41) is 9.17. The molecule has 0 spiro atoms. The predicted molar refractivity (Wildman–Crippen MR) is 61.8 cm³/mol. The van der Waals surface area contributed by atoms with Crippen molar-refractivity contribution in [1.29, 1.82) is 0 Å². The van der Waals surface area contributed by atoms with Gasteiger partial charge in [-0.15, -0.1) is 0 Å². The second kappa shape index (κ2) is 4.18. The van der Waals surface area contributed by atoms with Crippen LogP contribution in [0.4, 0.5) is 0 Å². The topological polar surface area (TPSA) is 54.4 Å². The van der Waals surface area contributed by atoms with Crippen molar-refractivity contribution in [1.82, 2.24) is 0 Å². The molecular weight excluding hydrogens is 224 g/mol. The monoisotopic (exact) mass is 240 g/mol. The summed E-state index contributed by atoms with van der Waals surface area (Å²) in [7, 11) is -3.28. The Morgan fingerprint density at radius 1 is 1.19 bits per heavy atom. The van der Waals surface area contributed by atoms with Crippen molar-refractivity contribution in [2.45, 2.75) is 36.0 Å². The number of aliphatic hydroxyl groups excluding tert-OH is 1. The maximum Gasteiger partial charge on any atom is 0.181 e. The molecule has 1 fully saturated rings. The van der Waals surface area contributed by atoms with Gasteiger partial charge in [0.1, 0.15) is 0 Å². The lowest BCUT2D eigenvalue weighted by Crippen LogP contribution is -2.27. The Balaban J connectivity index is 2.34. The molecule has 0 aromatic heterocycles. The Labute approximate surface area is 96.0 Å². The van der Waals surface area contributed by atoms with E-state index in [1.54, 1.807) is 30.3 Å². The number of aliphatic hydroxyl groups is 1. The Morgan fingerprint density at radius 2 is 1.81 bits per heavy atom. The van der Waals surface area contributed by atoms with Crippen molar-refractivity contribution < 1.29 is 13.5 Å². The van der Waals surface area contributed by atoms with Gasteiger partial charge in [-0.25, -0.2) is 8.42 Å². The van der Waals surface area contributed by atoms with Crippen LogP contribution in [0.25, 0.3) is 0 Å². The summed E-state index contributed by atoms with van der Waals surface area (Å²) in [6.07, 6.45) is 0.653. The van der Waals surface area contributed by atoms with E-state index in [4.69, 9.17) is 0 Å². The average molecular weight is 240 g/mol. The first kappa shape index (κ1) is 11.6. The van der Waals surface area contributed by atoms with E-state index >= 15 is 0 Å². The average Bonchev–Trinajstić information content (AvgIpc) is 2.61. The van der Waals surface area contributed by atoms with Crippen molar-refractivity contribution >= 4 is 9.84 Å². The van der Waals surface area contributed by atoms with Crippen LogP contribution < -0.4 is 0 Å². The summed E-state index contributed by atoms with van der Waals surface area (Å²) in [5.41, 5.74) is 0. The third-order valence-electron chi connectivity index (χ3n) is 3.41. The lowest BCUT2D eigenvalue weighted by molar-refractivity contribution is 0.142. The molecule has 0 saturated heterocycles. The number of hydrogen-bond acceptors (Lipinski definition) is 3. The van der Waals surface area contributed by atoms with E-state index in [-0.39, 0.29) is 5.92 Å². The molecule has 88 valence electrons. The highest BCUT2D eigenvalue weighted by Gasteiger charge is 2.40. The van der Waals surface area contributed by atoms with Crippen LogP contribution in [0.3, 0.4) is 0 Å². The SMILES string of the molecule is CC1C(O)CCC1S(=O)(=O)c1ccccc1. The largest absolute Gasteiger partial charge is 0.393 e. The second-order valence-electron chi connectivity index (χ2n) is 4.40. The summed E-state index contributed by atoms with van der Waals surface area (Å²) < 4.78 is 24.6. The predicted octanol–water partition coefficient (Wildman–Crippen LogP) is 1.62. The summed E-state index contributed by atoms with van der Waals surface area (Å²) in [6, 6.07) is 8.48. The van der Waals surface area contributed by atoms with E-state index in [9.17, 15) is 13.5 Å². The van der Waals surface area contributed by atoms with E-state index in [0.717, 1.165) is 0 Å². The van der Waals surface area contributed by atoms with Gasteiger partial charge < -0.3 is 5.11 Å². The fourth-order valence-corrected chi connectivity index (χ4v) is 4.41. The molecule has 1 aliphatic carbocycles. The van der Waals surface area contributed by atoms with E-state index in [1.165, 1.54) is 0 Å². The zero-order chi connectivity index (χ0) is 11.8. The van der Waals surface area contributed by atoms with Gasteiger partial charge in [0.25, 0.3) is 0 Å². The van der Waals surface area contributed by atoms with Crippen LogP contribution in [0, 0.1) is 5.92 Å². The van der Waals surface area contributed by atoms with Gasteiger partial charge in [-0.2, -0.15) is 0 Å². The summed E-state index contributed by atoms with van der Waals surface area (Å²) in [6.45, 7) is 1.81. The van der Waals surface area contributed by atoms with Crippen molar-refractivity contribution in [3.8, 4) is 0 Å². The molecule has 0 heterocycles. The third-order valence-corrected chi connectivity index (χ3v) is 5.80. The smallest absolute Gasteiger partial charge is 0.181 e. The van der Waals surface area contributed by atoms with Crippen LogP contribution in [0.15, 0.2) is 35.2 Å². The zero-order valence-electron chi connectivity index (χ0n) is 9.20. The first-order valence-corrected chi connectivity index (χ1v) is 7.05. The minimum Gasteiger partial charge on any atom is -0.393 e. The van der Waals surface area contributed by atoms with Gasteiger partial charge in [0.15, 0.2) is 9.84 Å². The molecule has 16 heavy (non-hydrogen) atoms. The number of rotatable bonds is 2. The van der Waals surface area contributed by atoms with E-state index in [2.05, 4.69) is 0 Å². The second-order valence-corrected chi connectivity index (χ2v) is 6.57. The molecule has 3 unspecified atom stereocenters. The highest BCUT2D eigenvalue weighted by Crippen LogP contribution is 2.34. The summed E-state index contributed by atoms with van der Waals surface area (Å²) in [5.74, 6) is -0.176. The van der Waals surface area contributed by atoms with Crippen molar-refractivity contribution in [2.75, 3.05) is 0 Å². The van der Waals surface area contributed by atoms with Crippen molar-refractivity contribution in [2.24, 2.45) is 5.92 Å². The van der Waals surface area contributed by atoms with E-state index in [1.807, 2.05) is 6.92 Å². The number of benzene rings is 1. The highest BCUT2D eigenvalue weighted by atomic mass is 32.2. The molecule has 1 aromatic rings. The molecule has 1 aliphatic rings. The first-order valence-electron chi connectivity index (χ1n) is 5.50. The van der Waals surface area contributed by atoms with Gasteiger partial charge in [-0.3, -0.25) is 0 Å². The maximum atomic E-state index is 12.3. The van der Waals surface area contributed by atoms with Gasteiger partial charge in [-0.05, 0) is 30.9 Å². The van der Waals surface area contributed by atoms with Crippen LogP contribution in [-0.4, -0.2) is 24.9 Å². The van der Waals surface area contributed by atoms with Gasteiger partial charge in [0.2, 0.25) is 0 Å². The molecule has 1 saturated carbocycles. The lowest BCUT2D eigenvalue weighted by atomic mass is 10.1. The van der Waals surface area contributed by atoms with Crippen LogP contribution in [0.2, 0.25) is 0 Å². The Hall–Kier alpha value is -0.870. The van der Waals surface area contributed by atoms with E-state index in [0.29, 0.717) is 17.7 Å². The molecule has 0 amide bonds. The normalized spacial score (nSPS) is 30.5. The van der Waals surface area contributed by atoms with Crippen LogP contribution in [0.5, 0.6) is 0 Å². The van der Waals surface area contributed by atoms with Crippen molar-refractivity contribution in [3.05, 3.63) is 30.3 Å². The fourth-order valence-electron chi connectivity index (χ4n) is 2.33. The molecule has 4 heteroatoms. The maximum absolute atomic E-state index is 12.3. The first-order chi connectivity index (χ1) is 7.53. The lowest BCUT2D eigenvalue weighted by Gasteiger charge is -2.17. The molecule has 3 atom stereocenters. The zero-order valence-corrected chi connectivity index (χ0v) is 10.0. The van der Waals surface area contributed by atoms with Crippen LogP contribution >= 0.6 is 0 Å². The number of hydrogen-bond donors (Lipinski definition) is 1. The van der Waals surface area contributed by atoms with Gasteiger partial charge >= 0.3 is 0 Å². The highest BCUT2D eigenvalue weighted by molar-refractivity contribution is 7.92. The Kier molecular flexibility index (Phi) is 3.04. The molecule has 1 aromatic carbocycles. The molecule has 0 bridgehead atoms. The minimum atomic E-state index is -3.28.